The molecule has 0 unspecified atom stereocenters. The van der Waals surface area contributed by atoms with E-state index in [-0.39, 0.29) is 17.3 Å². The molecule has 0 aliphatic rings. The van der Waals surface area contributed by atoms with E-state index in [4.69, 9.17) is 4.74 Å². The summed E-state index contributed by atoms with van der Waals surface area (Å²) < 4.78 is 20.0. The van der Waals surface area contributed by atoms with Gasteiger partial charge in [0.1, 0.15) is 17.3 Å². The average molecular weight is 353 g/mol. The Morgan fingerprint density at radius 3 is 2.50 bits per heavy atom. The van der Waals surface area contributed by atoms with Gasteiger partial charge in [-0.05, 0) is 36.4 Å². The lowest BCUT2D eigenvalue weighted by Crippen LogP contribution is -2.28. The van der Waals surface area contributed by atoms with Crippen LogP contribution in [0.2, 0.25) is 0 Å². The van der Waals surface area contributed by atoms with E-state index in [1.807, 2.05) is 12.1 Å². The highest BCUT2D eigenvalue weighted by Crippen LogP contribution is 2.33. The van der Waals surface area contributed by atoms with Crippen molar-refractivity contribution in [3.63, 3.8) is 0 Å². The largest absolute Gasteiger partial charge is 0.455 e. The van der Waals surface area contributed by atoms with Crippen LogP contribution in [-0.2, 0) is 4.79 Å². The number of aromatic amines is 1. The van der Waals surface area contributed by atoms with Crippen molar-refractivity contribution in [3.8, 4) is 22.9 Å². The third-order valence-electron chi connectivity index (χ3n) is 3.75. The van der Waals surface area contributed by atoms with Crippen LogP contribution in [0.3, 0.4) is 0 Å². The molecule has 0 spiro atoms. The van der Waals surface area contributed by atoms with Gasteiger partial charge in [0.2, 0.25) is 5.91 Å². The second-order valence-corrected chi connectivity index (χ2v) is 6.88. The predicted octanol–water partition coefficient (Wildman–Crippen LogP) is 4.99. The van der Waals surface area contributed by atoms with Crippen LogP contribution in [0.15, 0.2) is 54.9 Å². The lowest BCUT2D eigenvalue weighted by molar-refractivity contribution is -0.123. The van der Waals surface area contributed by atoms with Crippen LogP contribution in [0, 0.1) is 11.2 Å². The number of anilines is 1. The van der Waals surface area contributed by atoms with Gasteiger partial charge in [-0.1, -0.05) is 26.8 Å². The average Bonchev–Trinajstić information content (AvgIpc) is 3.12. The summed E-state index contributed by atoms with van der Waals surface area (Å²) in [6.45, 7) is 5.28. The van der Waals surface area contributed by atoms with Gasteiger partial charge in [0.15, 0.2) is 11.6 Å². The molecule has 134 valence electrons. The smallest absolute Gasteiger partial charge is 0.229 e. The minimum Gasteiger partial charge on any atom is -0.455 e. The van der Waals surface area contributed by atoms with Gasteiger partial charge in [0.05, 0.1) is 0 Å². The standard InChI is InChI=1S/C20H20FN3O2/c1-20(2,3)19(25)24-17-15(21)5-4-6-16(17)26-14-9-7-13(8-10-14)18-22-11-12-23-18/h4-12H,1-3H3,(H,22,23)(H,24,25). The van der Waals surface area contributed by atoms with Gasteiger partial charge in [-0.2, -0.15) is 0 Å². The highest BCUT2D eigenvalue weighted by atomic mass is 19.1. The summed E-state index contributed by atoms with van der Waals surface area (Å²) in [5, 5.41) is 2.62. The van der Waals surface area contributed by atoms with Crippen LogP contribution in [0.1, 0.15) is 20.8 Å². The van der Waals surface area contributed by atoms with Gasteiger partial charge in [-0.25, -0.2) is 9.37 Å². The zero-order chi connectivity index (χ0) is 18.7. The molecule has 1 amide bonds. The van der Waals surface area contributed by atoms with E-state index in [9.17, 15) is 9.18 Å². The van der Waals surface area contributed by atoms with Crippen LogP contribution >= 0.6 is 0 Å². The first kappa shape index (κ1) is 17.7. The van der Waals surface area contributed by atoms with E-state index >= 15 is 0 Å². The van der Waals surface area contributed by atoms with Gasteiger partial charge >= 0.3 is 0 Å². The number of aromatic nitrogens is 2. The van der Waals surface area contributed by atoms with Gasteiger partial charge < -0.3 is 15.0 Å². The fourth-order valence-corrected chi connectivity index (χ4v) is 2.24. The molecule has 0 aliphatic carbocycles. The minimum absolute atomic E-state index is 0.0301. The number of hydrogen-bond donors (Lipinski definition) is 2. The maximum atomic E-state index is 14.2. The Hall–Kier alpha value is -3.15. The highest BCUT2D eigenvalue weighted by Gasteiger charge is 2.24. The van der Waals surface area contributed by atoms with Crippen molar-refractivity contribution in [1.29, 1.82) is 0 Å². The molecule has 3 aromatic rings. The number of carbonyl (C=O) groups is 1. The lowest BCUT2D eigenvalue weighted by Gasteiger charge is -2.19. The molecular weight excluding hydrogens is 333 g/mol. The third kappa shape index (κ3) is 3.91. The summed E-state index contributed by atoms with van der Waals surface area (Å²) in [6, 6.07) is 11.7. The molecule has 2 aromatic carbocycles. The predicted molar refractivity (Wildman–Crippen MR) is 98.6 cm³/mol. The topological polar surface area (TPSA) is 67.0 Å². The number of rotatable bonds is 4. The zero-order valence-electron chi connectivity index (χ0n) is 14.8. The van der Waals surface area contributed by atoms with Crippen LogP contribution in [0.5, 0.6) is 11.5 Å². The van der Waals surface area contributed by atoms with Gasteiger partial charge in [0.25, 0.3) is 0 Å². The zero-order valence-corrected chi connectivity index (χ0v) is 14.8. The van der Waals surface area contributed by atoms with E-state index in [0.29, 0.717) is 5.75 Å². The second kappa shape index (κ2) is 7.00. The van der Waals surface area contributed by atoms with Crippen LogP contribution in [0.25, 0.3) is 11.4 Å². The summed E-state index contributed by atoms with van der Waals surface area (Å²) >= 11 is 0. The van der Waals surface area contributed by atoms with Crippen LogP contribution in [0.4, 0.5) is 10.1 Å². The molecule has 26 heavy (non-hydrogen) atoms. The number of imidazole rings is 1. The maximum absolute atomic E-state index is 14.2. The van der Waals surface area contributed by atoms with Crippen molar-refractivity contribution in [1.82, 2.24) is 9.97 Å². The number of benzene rings is 2. The Morgan fingerprint density at radius 1 is 1.15 bits per heavy atom. The van der Waals surface area contributed by atoms with Gasteiger partial charge in [-0.15, -0.1) is 0 Å². The number of carbonyl (C=O) groups excluding carboxylic acids is 1. The molecule has 0 fully saturated rings. The van der Waals surface area contributed by atoms with E-state index in [1.54, 1.807) is 51.4 Å². The van der Waals surface area contributed by atoms with E-state index in [2.05, 4.69) is 15.3 Å². The summed E-state index contributed by atoms with van der Waals surface area (Å²) in [4.78, 5) is 19.4. The Bertz CT molecular complexity index is 898. The molecule has 0 saturated carbocycles. The maximum Gasteiger partial charge on any atom is 0.229 e. The molecule has 1 aromatic heterocycles. The molecule has 0 bridgehead atoms. The fourth-order valence-electron chi connectivity index (χ4n) is 2.24. The number of amides is 1. The molecule has 3 rings (SSSR count). The van der Waals surface area contributed by atoms with Crippen molar-refractivity contribution in [3.05, 3.63) is 60.7 Å². The first-order valence-corrected chi connectivity index (χ1v) is 8.22. The van der Waals surface area contributed by atoms with Gasteiger partial charge in [-0.3, -0.25) is 4.79 Å². The molecule has 6 heteroatoms. The number of hydrogen-bond acceptors (Lipinski definition) is 3. The molecule has 1 heterocycles. The molecule has 0 saturated heterocycles. The minimum atomic E-state index is -0.649. The normalized spacial score (nSPS) is 11.2. The number of para-hydroxylation sites is 1. The van der Waals surface area contributed by atoms with E-state index in [1.165, 1.54) is 12.1 Å². The number of nitrogens with zero attached hydrogens (tertiary/aromatic N) is 1. The van der Waals surface area contributed by atoms with Crippen molar-refractivity contribution < 1.29 is 13.9 Å². The summed E-state index contributed by atoms with van der Waals surface area (Å²) in [6.07, 6.45) is 3.42. The van der Waals surface area contributed by atoms with E-state index < -0.39 is 11.2 Å². The number of nitrogens with one attached hydrogen (secondary N) is 2. The lowest BCUT2D eigenvalue weighted by atomic mass is 9.95. The number of H-pyrrole nitrogens is 1. The Kier molecular flexibility index (Phi) is 4.75. The highest BCUT2D eigenvalue weighted by molar-refractivity contribution is 5.96. The monoisotopic (exact) mass is 353 g/mol. The molecule has 0 aliphatic heterocycles. The van der Waals surface area contributed by atoms with E-state index in [0.717, 1.165) is 11.4 Å². The second-order valence-electron chi connectivity index (χ2n) is 6.88. The Labute approximate surface area is 151 Å². The Balaban J connectivity index is 1.84. The molecular formula is C20H20FN3O2. The molecule has 5 nitrogen and oxygen atoms in total. The SMILES string of the molecule is CC(C)(C)C(=O)Nc1c(F)cccc1Oc1ccc(-c2ncc[nH]2)cc1. The summed E-state index contributed by atoms with van der Waals surface area (Å²) in [7, 11) is 0. The van der Waals surface area contributed by atoms with Gasteiger partial charge in [0, 0.05) is 23.4 Å². The van der Waals surface area contributed by atoms with Crippen LogP contribution < -0.4 is 10.1 Å². The fraction of sp³-hybridized carbons (Fsp3) is 0.200. The molecule has 0 radical (unpaired) electrons. The number of ether oxygens (including phenoxy) is 1. The molecule has 2 N–H and O–H groups in total. The first-order valence-electron chi connectivity index (χ1n) is 8.22. The van der Waals surface area contributed by atoms with Crippen molar-refractivity contribution in [2.24, 2.45) is 5.41 Å². The quantitative estimate of drug-likeness (QED) is 0.694. The summed E-state index contributed by atoms with van der Waals surface area (Å²) in [5.74, 6) is 0.680. The molecule has 0 atom stereocenters. The first-order chi connectivity index (χ1) is 12.3. The number of halogens is 1. The third-order valence-corrected chi connectivity index (χ3v) is 3.75. The van der Waals surface area contributed by atoms with Crippen molar-refractivity contribution in [2.75, 3.05) is 5.32 Å². The van der Waals surface area contributed by atoms with Crippen molar-refractivity contribution >= 4 is 11.6 Å². The summed E-state index contributed by atoms with van der Waals surface area (Å²) in [5.41, 5.74) is 0.287. The Morgan fingerprint density at radius 2 is 1.88 bits per heavy atom. The van der Waals surface area contributed by atoms with Crippen molar-refractivity contribution in [2.45, 2.75) is 20.8 Å². The van der Waals surface area contributed by atoms with Crippen LogP contribution in [-0.4, -0.2) is 15.9 Å².